The van der Waals surface area contributed by atoms with Gasteiger partial charge in [0.1, 0.15) is 0 Å². The van der Waals surface area contributed by atoms with Crippen molar-refractivity contribution >= 4 is 15.8 Å². The standard InChI is InChI=1S/C15H23NO4S/c1-4-13(5-2)16(3)10-11-21(19,20)14-8-6-12(7-9-14)15(17)18/h6-9,13H,4-5,10-11H2,1-3H3,(H,17,18). The Labute approximate surface area is 126 Å². The lowest BCUT2D eigenvalue weighted by atomic mass is 10.1. The number of hydrogen-bond acceptors (Lipinski definition) is 4. The number of rotatable bonds is 8. The van der Waals surface area contributed by atoms with Gasteiger partial charge in [-0.25, -0.2) is 13.2 Å². The van der Waals surface area contributed by atoms with Gasteiger partial charge in [0.25, 0.3) is 0 Å². The van der Waals surface area contributed by atoms with Crippen LogP contribution in [-0.2, 0) is 9.84 Å². The zero-order valence-corrected chi connectivity index (χ0v) is 13.6. The van der Waals surface area contributed by atoms with Crippen LogP contribution in [0.3, 0.4) is 0 Å². The molecule has 0 fully saturated rings. The Morgan fingerprint density at radius 3 is 2.14 bits per heavy atom. The summed E-state index contributed by atoms with van der Waals surface area (Å²) < 4.78 is 24.5. The third-order valence-electron chi connectivity index (χ3n) is 3.74. The Morgan fingerprint density at radius 2 is 1.71 bits per heavy atom. The maximum Gasteiger partial charge on any atom is 0.335 e. The second-order valence-corrected chi connectivity index (χ2v) is 7.21. The molecule has 0 bridgehead atoms. The molecule has 0 aromatic heterocycles. The van der Waals surface area contributed by atoms with Crippen molar-refractivity contribution in [1.82, 2.24) is 4.90 Å². The van der Waals surface area contributed by atoms with Crippen molar-refractivity contribution in [3.8, 4) is 0 Å². The van der Waals surface area contributed by atoms with Crippen molar-refractivity contribution in [2.45, 2.75) is 37.6 Å². The summed E-state index contributed by atoms with van der Waals surface area (Å²) in [6.07, 6.45) is 1.97. The minimum absolute atomic E-state index is 0.0341. The molecule has 1 N–H and O–H groups in total. The van der Waals surface area contributed by atoms with E-state index in [0.717, 1.165) is 12.8 Å². The summed E-state index contributed by atoms with van der Waals surface area (Å²) in [5, 5.41) is 8.81. The van der Waals surface area contributed by atoms with E-state index < -0.39 is 15.8 Å². The van der Waals surface area contributed by atoms with Gasteiger partial charge in [0.15, 0.2) is 9.84 Å². The summed E-state index contributed by atoms with van der Waals surface area (Å²) in [7, 11) is -1.45. The molecule has 118 valence electrons. The fourth-order valence-corrected chi connectivity index (χ4v) is 3.60. The maximum atomic E-state index is 12.2. The van der Waals surface area contributed by atoms with E-state index in [1.165, 1.54) is 24.3 Å². The number of hydrogen-bond donors (Lipinski definition) is 1. The zero-order chi connectivity index (χ0) is 16.0. The smallest absolute Gasteiger partial charge is 0.335 e. The molecular weight excluding hydrogens is 290 g/mol. The van der Waals surface area contributed by atoms with Crippen LogP contribution in [0.4, 0.5) is 0 Å². The largest absolute Gasteiger partial charge is 0.478 e. The van der Waals surface area contributed by atoms with Crippen LogP contribution in [0.5, 0.6) is 0 Å². The van der Waals surface area contributed by atoms with E-state index in [0.29, 0.717) is 12.6 Å². The Bertz CT molecular complexity index is 562. The number of carbonyl (C=O) groups is 1. The number of nitrogens with zero attached hydrogens (tertiary/aromatic N) is 1. The highest BCUT2D eigenvalue weighted by Crippen LogP contribution is 2.14. The quantitative estimate of drug-likeness (QED) is 0.797. The highest BCUT2D eigenvalue weighted by molar-refractivity contribution is 7.91. The summed E-state index contributed by atoms with van der Waals surface area (Å²) in [4.78, 5) is 13.0. The molecule has 0 amide bonds. The van der Waals surface area contributed by atoms with Gasteiger partial charge in [-0.2, -0.15) is 0 Å². The highest BCUT2D eigenvalue weighted by atomic mass is 32.2. The van der Waals surface area contributed by atoms with Gasteiger partial charge in [-0.3, -0.25) is 0 Å². The number of carboxylic acid groups (broad SMARTS) is 1. The summed E-state index contributed by atoms with van der Waals surface area (Å²) >= 11 is 0. The summed E-state index contributed by atoms with van der Waals surface area (Å²) in [6.45, 7) is 4.64. The van der Waals surface area contributed by atoms with Crippen molar-refractivity contribution in [2.24, 2.45) is 0 Å². The van der Waals surface area contributed by atoms with Crippen LogP contribution in [0.25, 0.3) is 0 Å². The van der Waals surface area contributed by atoms with Gasteiger partial charge in [-0.15, -0.1) is 0 Å². The molecule has 6 heteroatoms. The number of aromatic carboxylic acids is 1. The second-order valence-electron chi connectivity index (χ2n) is 5.10. The van der Waals surface area contributed by atoms with Crippen LogP contribution in [0, 0.1) is 0 Å². The Kier molecular flexibility index (Phi) is 6.36. The van der Waals surface area contributed by atoms with E-state index in [9.17, 15) is 13.2 Å². The molecule has 0 aliphatic rings. The average Bonchev–Trinajstić information content (AvgIpc) is 2.46. The lowest BCUT2D eigenvalue weighted by Gasteiger charge is -2.25. The van der Waals surface area contributed by atoms with Crippen LogP contribution in [0.1, 0.15) is 37.0 Å². The first-order chi connectivity index (χ1) is 9.81. The van der Waals surface area contributed by atoms with E-state index >= 15 is 0 Å². The third-order valence-corrected chi connectivity index (χ3v) is 5.45. The number of sulfone groups is 1. The fourth-order valence-electron chi connectivity index (χ4n) is 2.28. The minimum atomic E-state index is -3.38. The zero-order valence-electron chi connectivity index (χ0n) is 12.7. The van der Waals surface area contributed by atoms with Crippen LogP contribution < -0.4 is 0 Å². The van der Waals surface area contributed by atoms with Gasteiger partial charge in [0.2, 0.25) is 0 Å². The maximum absolute atomic E-state index is 12.2. The third kappa shape index (κ3) is 4.82. The molecule has 1 rings (SSSR count). The molecule has 1 aromatic rings. The SMILES string of the molecule is CCC(CC)N(C)CCS(=O)(=O)c1ccc(C(=O)O)cc1. The number of carboxylic acids is 1. The van der Waals surface area contributed by atoms with E-state index in [1.807, 2.05) is 7.05 Å². The summed E-state index contributed by atoms with van der Waals surface area (Å²) in [5.41, 5.74) is 0.0862. The Balaban J connectivity index is 2.75. The first-order valence-corrected chi connectivity index (χ1v) is 8.73. The van der Waals surface area contributed by atoms with Gasteiger partial charge >= 0.3 is 5.97 Å². The van der Waals surface area contributed by atoms with Gasteiger partial charge < -0.3 is 10.0 Å². The van der Waals surface area contributed by atoms with Crippen molar-refractivity contribution in [3.63, 3.8) is 0 Å². The van der Waals surface area contributed by atoms with E-state index in [2.05, 4.69) is 18.7 Å². The van der Waals surface area contributed by atoms with Gasteiger partial charge in [0.05, 0.1) is 16.2 Å². The monoisotopic (exact) mass is 313 g/mol. The second kappa shape index (κ2) is 7.56. The number of benzene rings is 1. The predicted molar refractivity (Wildman–Crippen MR) is 82.5 cm³/mol. The van der Waals surface area contributed by atoms with Crippen LogP contribution in [-0.4, -0.2) is 49.8 Å². The molecule has 1 aromatic carbocycles. The molecule has 0 unspecified atom stereocenters. The molecule has 0 spiro atoms. The summed E-state index contributed by atoms with van der Waals surface area (Å²) in [5.74, 6) is -1.03. The molecule has 5 nitrogen and oxygen atoms in total. The lowest BCUT2D eigenvalue weighted by molar-refractivity contribution is 0.0696. The molecule has 0 atom stereocenters. The van der Waals surface area contributed by atoms with Crippen molar-refractivity contribution in [3.05, 3.63) is 29.8 Å². The van der Waals surface area contributed by atoms with Crippen molar-refractivity contribution in [2.75, 3.05) is 19.3 Å². The van der Waals surface area contributed by atoms with Crippen molar-refractivity contribution in [1.29, 1.82) is 0 Å². The Morgan fingerprint density at radius 1 is 1.19 bits per heavy atom. The molecule has 0 radical (unpaired) electrons. The molecule has 21 heavy (non-hydrogen) atoms. The lowest BCUT2D eigenvalue weighted by Crippen LogP contribution is -2.34. The molecule has 0 saturated heterocycles. The predicted octanol–water partition coefficient (Wildman–Crippen LogP) is 2.28. The van der Waals surface area contributed by atoms with E-state index in [1.54, 1.807) is 0 Å². The first-order valence-electron chi connectivity index (χ1n) is 7.08. The van der Waals surface area contributed by atoms with E-state index in [4.69, 9.17) is 5.11 Å². The average molecular weight is 313 g/mol. The molecular formula is C15H23NO4S. The van der Waals surface area contributed by atoms with Gasteiger partial charge in [-0.1, -0.05) is 13.8 Å². The minimum Gasteiger partial charge on any atom is -0.478 e. The Hall–Kier alpha value is -1.40. The van der Waals surface area contributed by atoms with Gasteiger partial charge in [-0.05, 0) is 44.2 Å². The normalized spacial score (nSPS) is 12.0. The van der Waals surface area contributed by atoms with Crippen LogP contribution in [0.15, 0.2) is 29.2 Å². The molecule has 0 saturated carbocycles. The van der Waals surface area contributed by atoms with Crippen molar-refractivity contribution < 1.29 is 18.3 Å². The van der Waals surface area contributed by atoms with Crippen LogP contribution in [0.2, 0.25) is 0 Å². The fraction of sp³-hybridized carbons (Fsp3) is 0.533. The molecule has 0 heterocycles. The van der Waals surface area contributed by atoms with Crippen LogP contribution >= 0.6 is 0 Å². The highest BCUT2D eigenvalue weighted by Gasteiger charge is 2.18. The molecule has 0 aliphatic carbocycles. The first kappa shape index (κ1) is 17.7. The van der Waals surface area contributed by atoms with E-state index in [-0.39, 0.29) is 16.2 Å². The van der Waals surface area contributed by atoms with Gasteiger partial charge in [0, 0.05) is 12.6 Å². The topological polar surface area (TPSA) is 74.7 Å². The molecule has 0 aliphatic heterocycles. The summed E-state index contributed by atoms with van der Waals surface area (Å²) in [6, 6.07) is 5.74.